The van der Waals surface area contributed by atoms with E-state index in [0.29, 0.717) is 11.6 Å². The summed E-state index contributed by atoms with van der Waals surface area (Å²) < 4.78 is 5.27. The summed E-state index contributed by atoms with van der Waals surface area (Å²) in [4.78, 5) is 4.19. The third-order valence-corrected chi connectivity index (χ3v) is 2.68. The summed E-state index contributed by atoms with van der Waals surface area (Å²) in [6.45, 7) is 2.16. The van der Waals surface area contributed by atoms with Gasteiger partial charge in [0.05, 0.1) is 6.61 Å². The fourth-order valence-electron chi connectivity index (χ4n) is 1.85. The highest BCUT2D eigenvalue weighted by Crippen LogP contribution is 2.17. The lowest BCUT2D eigenvalue weighted by Crippen LogP contribution is -2.28. The van der Waals surface area contributed by atoms with E-state index in [1.165, 1.54) is 19.1 Å². The molecule has 1 aliphatic heterocycles. The molecule has 0 unspecified atom stereocenters. The molecule has 4 heteroatoms. The van der Waals surface area contributed by atoms with Crippen molar-refractivity contribution in [2.75, 3.05) is 13.1 Å². The van der Waals surface area contributed by atoms with Crippen molar-refractivity contribution in [1.82, 2.24) is 10.3 Å². The van der Waals surface area contributed by atoms with Crippen LogP contribution in [0.5, 0.6) is 0 Å². The number of rotatable bonds is 3. The number of piperidine rings is 1. The zero-order valence-electron chi connectivity index (χ0n) is 8.20. The van der Waals surface area contributed by atoms with Crippen LogP contribution in [0.2, 0.25) is 0 Å². The molecule has 2 rings (SSSR count). The van der Waals surface area contributed by atoms with Gasteiger partial charge < -0.3 is 14.8 Å². The van der Waals surface area contributed by atoms with Gasteiger partial charge in [0.25, 0.3) is 0 Å². The molecule has 0 aliphatic carbocycles. The smallest absolute Gasteiger partial charge is 0.194 e. The minimum absolute atomic E-state index is 0.0320. The van der Waals surface area contributed by atoms with Gasteiger partial charge in [-0.2, -0.15) is 0 Å². The van der Waals surface area contributed by atoms with E-state index in [4.69, 9.17) is 9.52 Å². The molecule has 1 aliphatic rings. The standard InChI is InChI=1S/C10H16N2O2/c13-6-9-7-14-10(12-9)5-8-1-3-11-4-2-8/h7-8,11,13H,1-6H2. The number of aliphatic hydroxyl groups is 1. The molecular weight excluding hydrogens is 180 g/mol. The Morgan fingerprint density at radius 1 is 1.50 bits per heavy atom. The lowest BCUT2D eigenvalue weighted by Gasteiger charge is -2.20. The first-order valence-electron chi connectivity index (χ1n) is 5.13. The van der Waals surface area contributed by atoms with Gasteiger partial charge in [-0.3, -0.25) is 0 Å². The molecule has 1 aromatic rings. The van der Waals surface area contributed by atoms with Crippen LogP contribution < -0.4 is 5.32 Å². The van der Waals surface area contributed by atoms with E-state index in [0.717, 1.165) is 25.4 Å². The van der Waals surface area contributed by atoms with Crippen LogP contribution in [0.3, 0.4) is 0 Å². The Balaban J connectivity index is 1.89. The van der Waals surface area contributed by atoms with E-state index in [1.54, 1.807) is 0 Å². The van der Waals surface area contributed by atoms with Crippen LogP contribution in [0.15, 0.2) is 10.7 Å². The zero-order chi connectivity index (χ0) is 9.80. The van der Waals surface area contributed by atoms with Crippen molar-refractivity contribution in [2.24, 2.45) is 5.92 Å². The molecule has 1 aromatic heterocycles. The summed E-state index contributed by atoms with van der Waals surface area (Å²) >= 11 is 0. The molecule has 0 saturated carbocycles. The molecule has 4 nitrogen and oxygen atoms in total. The van der Waals surface area contributed by atoms with E-state index in [1.807, 2.05) is 0 Å². The number of hydrogen-bond donors (Lipinski definition) is 2. The molecule has 0 spiro atoms. The summed E-state index contributed by atoms with van der Waals surface area (Å²) in [5, 5.41) is 12.2. The van der Waals surface area contributed by atoms with Gasteiger partial charge in [0.15, 0.2) is 5.89 Å². The Bertz CT molecular complexity index is 279. The van der Waals surface area contributed by atoms with Gasteiger partial charge >= 0.3 is 0 Å². The van der Waals surface area contributed by atoms with Gasteiger partial charge in [-0.05, 0) is 31.8 Å². The highest BCUT2D eigenvalue weighted by Gasteiger charge is 2.16. The molecule has 1 saturated heterocycles. The fraction of sp³-hybridized carbons (Fsp3) is 0.700. The molecule has 0 bridgehead atoms. The first kappa shape index (κ1) is 9.68. The molecule has 78 valence electrons. The number of nitrogens with one attached hydrogen (secondary N) is 1. The molecule has 2 heterocycles. The first-order chi connectivity index (χ1) is 6.88. The average molecular weight is 196 g/mol. The van der Waals surface area contributed by atoms with Gasteiger partial charge in [0, 0.05) is 6.42 Å². The summed E-state index contributed by atoms with van der Waals surface area (Å²) in [5.74, 6) is 1.45. The summed E-state index contributed by atoms with van der Waals surface area (Å²) in [7, 11) is 0. The predicted molar refractivity (Wildman–Crippen MR) is 51.7 cm³/mol. The zero-order valence-corrected chi connectivity index (χ0v) is 8.20. The van der Waals surface area contributed by atoms with Crippen molar-refractivity contribution < 1.29 is 9.52 Å². The number of aliphatic hydroxyl groups excluding tert-OH is 1. The minimum Gasteiger partial charge on any atom is -0.449 e. The molecule has 0 aromatic carbocycles. The third kappa shape index (κ3) is 2.33. The van der Waals surface area contributed by atoms with Crippen molar-refractivity contribution in [3.8, 4) is 0 Å². The van der Waals surface area contributed by atoms with Gasteiger partial charge in [-0.15, -0.1) is 0 Å². The van der Waals surface area contributed by atoms with Gasteiger partial charge in [0.1, 0.15) is 12.0 Å². The van der Waals surface area contributed by atoms with Crippen molar-refractivity contribution >= 4 is 0 Å². The fourth-order valence-corrected chi connectivity index (χ4v) is 1.85. The van der Waals surface area contributed by atoms with Gasteiger partial charge in [-0.1, -0.05) is 0 Å². The molecule has 14 heavy (non-hydrogen) atoms. The molecule has 0 radical (unpaired) electrons. The molecule has 2 N–H and O–H groups in total. The maximum atomic E-state index is 8.82. The first-order valence-corrected chi connectivity index (χ1v) is 5.13. The Morgan fingerprint density at radius 3 is 2.93 bits per heavy atom. The van der Waals surface area contributed by atoms with Crippen LogP contribution in [0.25, 0.3) is 0 Å². The number of aromatic nitrogens is 1. The van der Waals surface area contributed by atoms with E-state index < -0.39 is 0 Å². The lowest BCUT2D eigenvalue weighted by atomic mass is 9.95. The third-order valence-electron chi connectivity index (χ3n) is 2.68. The Morgan fingerprint density at radius 2 is 2.29 bits per heavy atom. The van der Waals surface area contributed by atoms with E-state index in [2.05, 4.69) is 10.3 Å². The summed E-state index contributed by atoms with van der Waals surface area (Å²) in [5.41, 5.74) is 0.633. The molecule has 0 amide bonds. The van der Waals surface area contributed by atoms with Crippen molar-refractivity contribution in [2.45, 2.75) is 25.9 Å². The largest absolute Gasteiger partial charge is 0.449 e. The minimum atomic E-state index is -0.0320. The summed E-state index contributed by atoms with van der Waals surface area (Å²) in [6.07, 6.45) is 4.83. The maximum Gasteiger partial charge on any atom is 0.194 e. The van der Waals surface area contributed by atoms with Gasteiger partial charge in [0.2, 0.25) is 0 Å². The van der Waals surface area contributed by atoms with Crippen LogP contribution >= 0.6 is 0 Å². The van der Waals surface area contributed by atoms with Crippen LogP contribution in [0.1, 0.15) is 24.4 Å². The predicted octanol–water partition coefficient (Wildman–Crippen LogP) is 0.709. The maximum absolute atomic E-state index is 8.82. The Labute approximate surface area is 83.3 Å². The van der Waals surface area contributed by atoms with E-state index >= 15 is 0 Å². The van der Waals surface area contributed by atoms with Gasteiger partial charge in [-0.25, -0.2) is 4.98 Å². The lowest BCUT2D eigenvalue weighted by molar-refractivity contribution is 0.276. The van der Waals surface area contributed by atoms with Crippen molar-refractivity contribution in [3.05, 3.63) is 17.8 Å². The average Bonchev–Trinajstić information content (AvgIpc) is 2.67. The van der Waals surface area contributed by atoms with E-state index in [-0.39, 0.29) is 6.61 Å². The van der Waals surface area contributed by atoms with Crippen LogP contribution in [-0.2, 0) is 13.0 Å². The SMILES string of the molecule is OCc1coc(CC2CCNCC2)n1. The highest BCUT2D eigenvalue weighted by atomic mass is 16.3. The topological polar surface area (TPSA) is 58.3 Å². The second kappa shape index (κ2) is 4.57. The van der Waals surface area contributed by atoms with E-state index in [9.17, 15) is 0 Å². The second-order valence-corrected chi connectivity index (χ2v) is 3.79. The van der Waals surface area contributed by atoms with Crippen molar-refractivity contribution in [3.63, 3.8) is 0 Å². The number of oxazole rings is 1. The van der Waals surface area contributed by atoms with Crippen LogP contribution in [-0.4, -0.2) is 23.2 Å². The molecular formula is C10H16N2O2. The number of hydrogen-bond acceptors (Lipinski definition) is 4. The van der Waals surface area contributed by atoms with Crippen LogP contribution in [0.4, 0.5) is 0 Å². The van der Waals surface area contributed by atoms with Crippen molar-refractivity contribution in [1.29, 1.82) is 0 Å². The quantitative estimate of drug-likeness (QED) is 0.747. The Hall–Kier alpha value is -0.870. The Kier molecular flexibility index (Phi) is 3.16. The molecule has 1 fully saturated rings. The monoisotopic (exact) mass is 196 g/mol. The summed E-state index contributed by atoms with van der Waals surface area (Å²) in [6, 6.07) is 0. The highest BCUT2D eigenvalue weighted by molar-refractivity contribution is 4.95. The number of nitrogens with zero attached hydrogens (tertiary/aromatic N) is 1. The normalized spacial score (nSPS) is 18.6. The van der Waals surface area contributed by atoms with Crippen LogP contribution in [0, 0.1) is 5.92 Å². The molecule has 0 atom stereocenters. The second-order valence-electron chi connectivity index (χ2n) is 3.79.